The van der Waals surface area contributed by atoms with Crippen molar-refractivity contribution in [3.8, 4) is 5.75 Å². The van der Waals surface area contributed by atoms with Gasteiger partial charge in [0.2, 0.25) is 0 Å². The second-order valence-corrected chi connectivity index (χ2v) is 5.09. The Kier molecular flexibility index (Phi) is 5.48. The number of hydrogen-bond donors (Lipinski definition) is 2. The number of imide groups is 1. The maximum absolute atomic E-state index is 12.9. The van der Waals surface area contributed by atoms with Gasteiger partial charge in [-0.3, -0.25) is 10.1 Å². The Balaban J connectivity index is 1.81. The number of halogens is 2. The second-order valence-electron chi connectivity index (χ2n) is 4.23. The molecule has 0 atom stereocenters. The van der Waals surface area contributed by atoms with Crippen molar-refractivity contribution < 1.29 is 18.7 Å². The molecule has 0 heterocycles. The molecule has 22 heavy (non-hydrogen) atoms. The number of carbonyl (C=O) groups is 2. The van der Waals surface area contributed by atoms with Gasteiger partial charge in [0.1, 0.15) is 11.6 Å². The van der Waals surface area contributed by atoms with Gasteiger partial charge in [-0.25, -0.2) is 9.18 Å². The first-order valence-electron chi connectivity index (χ1n) is 6.28. The Morgan fingerprint density at radius 1 is 1.14 bits per heavy atom. The highest BCUT2D eigenvalue weighted by Crippen LogP contribution is 2.25. The van der Waals surface area contributed by atoms with Crippen molar-refractivity contribution in [1.29, 1.82) is 0 Å². The maximum Gasteiger partial charge on any atom is 0.325 e. The fourth-order valence-electron chi connectivity index (χ4n) is 1.58. The second kappa shape index (κ2) is 7.56. The Hall–Kier alpha value is -2.41. The van der Waals surface area contributed by atoms with Gasteiger partial charge in [-0.1, -0.05) is 18.2 Å². The minimum absolute atomic E-state index is 0.306. The third-order valence-electron chi connectivity index (χ3n) is 2.54. The van der Waals surface area contributed by atoms with Crippen molar-refractivity contribution in [2.24, 2.45) is 0 Å². The highest BCUT2D eigenvalue weighted by atomic mass is 79.9. The van der Waals surface area contributed by atoms with E-state index in [2.05, 4.69) is 26.6 Å². The van der Waals surface area contributed by atoms with Crippen LogP contribution >= 0.6 is 15.9 Å². The van der Waals surface area contributed by atoms with Crippen LogP contribution in [0.25, 0.3) is 0 Å². The first kappa shape index (κ1) is 16.0. The fraction of sp³-hybridized carbons (Fsp3) is 0.0667. The van der Waals surface area contributed by atoms with Gasteiger partial charge < -0.3 is 10.1 Å². The largest absolute Gasteiger partial charge is 0.483 e. The number of ether oxygens (including phenoxy) is 1. The maximum atomic E-state index is 12.9. The summed E-state index contributed by atoms with van der Waals surface area (Å²) >= 11 is 3.12. The summed E-state index contributed by atoms with van der Waals surface area (Å²) in [4.78, 5) is 23.2. The van der Waals surface area contributed by atoms with Gasteiger partial charge in [-0.15, -0.1) is 0 Å². The molecule has 0 bridgehead atoms. The molecule has 0 radical (unpaired) electrons. The Morgan fingerprint density at radius 2 is 1.86 bits per heavy atom. The minimum Gasteiger partial charge on any atom is -0.483 e. The zero-order chi connectivity index (χ0) is 15.9. The van der Waals surface area contributed by atoms with Crippen LogP contribution in [0.3, 0.4) is 0 Å². The summed E-state index contributed by atoms with van der Waals surface area (Å²) in [5.74, 6) is -0.740. The summed E-state index contributed by atoms with van der Waals surface area (Å²) in [6.07, 6.45) is 0. The van der Waals surface area contributed by atoms with E-state index in [0.29, 0.717) is 15.9 Å². The van der Waals surface area contributed by atoms with Crippen molar-refractivity contribution in [2.75, 3.05) is 11.9 Å². The predicted octanol–water partition coefficient (Wildman–Crippen LogP) is 3.32. The summed E-state index contributed by atoms with van der Waals surface area (Å²) in [6.45, 7) is -0.369. The number of anilines is 1. The zero-order valence-corrected chi connectivity index (χ0v) is 12.9. The van der Waals surface area contributed by atoms with Crippen molar-refractivity contribution in [1.82, 2.24) is 5.32 Å². The SMILES string of the molecule is O=C(COc1ccc(F)cc1Br)NC(=O)Nc1ccccc1. The smallest absolute Gasteiger partial charge is 0.325 e. The molecule has 0 saturated carbocycles. The number of amides is 3. The number of urea groups is 1. The minimum atomic E-state index is -0.655. The normalized spacial score (nSPS) is 9.91. The Morgan fingerprint density at radius 3 is 2.55 bits per heavy atom. The first-order chi connectivity index (χ1) is 10.5. The topological polar surface area (TPSA) is 67.4 Å². The number of rotatable bonds is 4. The van der Waals surface area contributed by atoms with E-state index in [9.17, 15) is 14.0 Å². The lowest BCUT2D eigenvalue weighted by molar-refractivity contribution is -0.121. The molecular formula is C15H12BrFN2O3. The van der Waals surface area contributed by atoms with Crippen LogP contribution in [0.5, 0.6) is 5.75 Å². The van der Waals surface area contributed by atoms with Crippen LogP contribution < -0.4 is 15.4 Å². The highest BCUT2D eigenvalue weighted by Gasteiger charge is 2.10. The molecule has 0 aliphatic rings. The average Bonchev–Trinajstić information content (AvgIpc) is 2.47. The number of para-hydroxylation sites is 1. The van der Waals surface area contributed by atoms with Gasteiger partial charge in [0.25, 0.3) is 5.91 Å². The van der Waals surface area contributed by atoms with E-state index < -0.39 is 17.8 Å². The summed E-state index contributed by atoms with van der Waals surface area (Å²) < 4.78 is 18.5. The van der Waals surface area contributed by atoms with Gasteiger partial charge >= 0.3 is 6.03 Å². The summed E-state index contributed by atoms with van der Waals surface area (Å²) in [5.41, 5.74) is 0.565. The molecule has 114 valence electrons. The zero-order valence-electron chi connectivity index (χ0n) is 11.3. The lowest BCUT2D eigenvalue weighted by atomic mass is 10.3. The van der Waals surface area contributed by atoms with E-state index in [4.69, 9.17) is 4.74 Å². The van der Waals surface area contributed by atoms with Crippen molar-refractivity contribution >= 4 is 33.6 Å². The number of hydrogen-bond acceptors (Lipinski definition) is 3. The number of nitrogens with one attached hydrogen (secondary N) is 2. The van der Waals surface area contributed by atoms with Crippen molar-refractivity contribution in [3.05, 3.63) is 58.8 Å². The summed E-state index contributed by atoms with van der Waals surface area (Å²) in [6, 6.07) is 11.9. The van der Waals surface area contributed by atoms with Gasteiger partial charge in [-0.2, -0.15) is 0 Å². The molecule has 5 nitrogen and oxygen atoms in total. The van der Waals surface area contributed by atoms with Crippen LogP contribution in [-0.4, -0.2) is 18.5 Å². The van der Waals surface area contributed by atoms with Gasteiger partial charge in [0.15, 0.2) is 6.61 Å². The van der Waals surface area contributed by atoms with E-state index >= 15 is 0 Å². The molecule has 0 aliphatic heterocycles. The summed E-state index contributed by atoms with van der Waals surface area (Å²) in [7, 11) is 0. The van der Waals surface area contributed by atoms with E-state index in [0.717, 1.165) is 0 Å². The average molecular weight is 367 g/mol. The molecule has 2 rings (SSSR count). The van der Waals surface area contributed by atoms with Crippen LogP contribution in [0.2, 0.25) is 0 Å². The highest BCUT2D eigenvalue weighted by molar-refractivity contribution is 9.10. The van der Waals surface area contributed by atoms with Crippen molar-refractivity contribution in [3.63, 3.8) is 0 Å². The van der Waals surface area contributed by atoms with Gasteiger partial charge in [0.05, 0.1) is 4.47 Å². The van der Waals surface area contributed by atoms with Gasteiger partial charge in [-0.05, 0) is 46.3 Å². The quantitative estimate of drug-likeness (QED) is 0.871. The van der Waals surface area contributed by atoms with Crippen LogP contribution in [-0.2, 0) is 4.79 Å². The van der Waals surface area contributed by atoms with Gasteiger partial charge in [0, 0.05) is 5.69 Å². The van der Waals surface area contributed by atoms with E-state index in [1.165, 1.54) is 18.2 Å². The standard InChI is InChI=1S/C15H12BrFN2O3/c16-12-8-10(17)6-7-13(12)22-9-14(20)19-15(21)18-11-4-2-1-3-5-11/h1-8H,9H2,(H2,18,19,20,21). The molecule has 2 aromatic rings. The Bertz CT molecular complexity index is 680. The van der Waals surface area contributed by atoms with Crippen LogP contribution in [0.15, 0.2) is 53.0 Å². The van der Waals surface area contributed by atoms with Crippen LogP contribution in [0.1, 0.15) is 0 Å². The molecule has 2 N–H and O–H groups in total. The lowest BCUT2D eigenvalue weighted by Crippen LogP contribution is -2.37. The van der Waals surface area contributed by atoms with E-state index in [1.54, 1.807) is 24.3 Å². The number of carbonyl (C=O) groups excluding carboxylic acids is 2. The molecule has 0 spiro atoms. The molecular weight excluding hydrogens is 355 g/mol. The molecule has 3 amide bonds. The molecule has 0 aromatic heterocycles. The molecule has 0 aliphatic carbocycles. The van der Waals surface area contributed by atoms with Crippen molar-refractivity contribution in [2.45, 2.75) is 0 Å². The monoisotopic (exact) mass is 366 g/mol. The molecule has 0 fully saturated rings. The molecule has 0 unspecified atom stereocenters. The molecule has 0 saturated heterocycles. The summed E-state index contributed by atoms with van der Waals surface area (Å²) in [5, 5.41) is 4.63. The third kappa shape index (κ3) is 4.85. The lowest BCUT2D eigenvalue weighted by Gasteiger charge is -2.09. The molecule has 7 heteroatoms. The first-order valence-corrected chi connectivity index (χ1v) is 7.07. The number of benzene rings is 2. The van der Waals surface area contributed by atoms with E-state index in [-0.39, 0.29) is 6.61 Å². The fourth-order valence-corrected chi connectivity index (χ4v) is 2.05. The Labute approximate surface area is 134 Å². The third-order valence-corrected chi connectivity index (χ3v) is 3.16. The predicted molar refractivity (Wildman–Crippen MR) is 83.2 cm³/mol. The van der Waals surface area contributed by atoms with E-state index in [1.807, 2.05) is 6.07 Å². The van der Waals surface area contributed by atoms with Crippen LogP contribution in [0, 0.1) is 5.82 Å². The van der Waals surface area contributed by atoms with Crippen LogP contribution in [0.4, 0.5) is 14.9 Å². The molecule has 2 aromatic carbocycles.